The van der Waals surface area contributed by atoms with Gasteiger partial charge in [-0.05, 0) is 44.2 Å². The summed E-state index contributed by atoms with van der Waals surface area (Å²) < 4.78 is 0. The minimum absolute atomic E-state index is 0.0157. The molecule has 2 fully saturated rings. The zero-order chi connectivity index (χ0) is 18.3. The third kappa shape index (κ3) is 2.92. The molecular weight excluding hydrogens is 326 g/mol. The number of carbonyl (C=O) groups is 2. The van der Waals surface area contributed by atoms with Crippen LogP contribution in [0.3, 0.4) is 0 Å². The van der Waals surface area contributed by atoms with Gasteiger partial charge in [-0.15, -0.1) is 0 Å². The fraction of sp³-hybridized carbons (Fsp3) is 0.619. The first-order valence-electron chi connectivity index (χ1n) is 10.1. The smallest absolute Gasteiger partial charge is 0.255 e. The predicted molar refractivity (Wildman–Crippen MR) is 101 cm³/mol. The van der Waals surface area contributed by atoms with Crippen molar-refractivity contribution in [3.05, 3.63) is 34.9 Å². The summed E-state index contributed by atoms with van der Waals surface area (Å²) in [5, 5.41) is 0. The van der Waals surface area contributed by atoms with Crippen LogP contribution in [0.1, 0.15) is 84.2 Å². The second-order valence-corrected chi connectivity index (χ2v) is 8.08. The monoisotopic (exact) mass is 355 g/mol. The molecule has 1 aliphatic carbocycles. The Morgan fingerprint density at radius 1 is 1.04 bits per heavy atom. The number of benzene rings is 1. The first-order valence-corrected chi connectivity index (χ1v) is 10.1. The van der Waals surface area contributed by atoms with Crippen molar-refractivity contribution in [2.24, 2.45) is 5.73 Å². The van der Waals surface area contributed by atoms with E-state index in [1.807, 2.05) is 17.0 Å². The van der Waals surface area contributed by atoms with Gasteiger partial charge in [0, 0.05) is 25.2 Å². The summed E-state index contributed by atoms with van der Waals surface area (Å²) in [5.74, 6) is -0.533. The molecule has 1 atom stereocenters. The molecule has 0 aromatic heterocycles. The number of hydrogen-bond acceptors (Lipinski definition) is 3. The second-order valence-electron chi connectivity index (χ2n) is 8.08. The molecule has 2 amide bonds. The van der Waals surface area contributed by atoms with Gasteiger partial charge in [-0.3, -0.25) is 9.59 Å². The van der Waals surface area contributed by atoms with Gasteiger partial charge in [0.1, 0.15) is 0 Å². The van der Waals surface area contributed by atoms with E-state index in [9.17, 15) is 9.59 Å². The Kier molecular flexibility index (Phi) is 4.74. The van der Waals surface area contributed by atoms with Crippen molar-refractivity contribution in [2.75, 3.05) is 13.1 Å². The third-order valence-corrected chi connectivity index (χ3v) is 6.66. The highest BCUT2D eigenvalue weighted by atomic mass is 16.2. The summed E-state index contributed by atoms with van der Waals surface area (Å²) in [7, 11) is 0. The molecule has 0 spiro atoms. The molecule has 26 heavy (non-hydrogen) atoms. The van der Waals surface area contributed by atoms with Gasteiger partial charge in [0.25, 0.3) is 5.91 Å². The molecule has 3 aliphatic rings. The third-order valence-electron chi connectivity index (χ3n) is 6.66. The van der Waals surface area contributed by atoms with Crippen molar-refractivity contribution >= 4 is 11.8 Å². The number of amides is 2. The van der Waals surface area contributed by atoms with E-state index in [1.54, 1.807) is 6.07 Å². The molecular formula is C21H29N3O2. The van der Waals surface area contributed by atoms with Crippen LogP contribution < -0.4 is 5.73 Å². The van der Waals surface area contributed by atoms with Crippen LogP contribution >= 0.6 is 0 Å². The highest BCUT2D eigenvalue weighted by Gasteiger charge is 2.41. The molecule has 1 saturated heterocycles. The molecule has 0 unspecified atom stereocenters. The lowest BCUT2D eigenvalue weighted by atomic mass is 9.91. The molecule has 1 saturated carbocycles. The van der Waals surface area contributed by atoms with Crippen molar-refractivity contribution in [1.29, 1.82) is 0 Å². The van der Waals surface area contributed by atoms with Crippen LogP contribution in [-0.4, -0.2) is 46.8 Å². The van der Waals surface area contributed by atoms with Crippen LogP contribution in [0.4, 0.5) is 0 Å². The van der Waals surface area contributed by atoms with Crippen molar-refractivity contribution in [3.8, 4) is 0 Å². The van der Waals surface area contributed by atoms with Gasteiger partial charge in [-0.2, -0.15) is 0 Å². The number of fused-ring (bicyclic) bond motifs is 1. The average molecular weight is 355 g/mol. The van der Waals surface area contributed by atoms with Crippen LogP contribution in [0.2, 0.25) is 0 Å². The number of likely N-dealkylation sites (tertiary alicyclic amines) is 1. The molecule has 4 rings (SSSR count). The van der Waals surface area contributed by atoms with Crippen LogP contribution in [0, 0.1) is 0 Å². The van der Waals surface area contributed by atoms with Crippen molar-refractivity contribution in [3.63, 3.8) is 0 Å². The summed E-state index contributed by atoms with van der Waals surface area (Å²) >= 11 is 0. The summed E-state index contributed by atoms with van der Waals surface area (Å²) in [5.41, 5.74) is 7.34. The molecule has 1 aromatic rings. The Morgan fingerprint density at radius 2 is 1.73 bits per heavy atom. The Morgan fingerprint density at radius 3 is 2.38 bits per heavy atom. The number of rotatable bonds is 3. The maximum Gasteiger partial charge on any atom is 0.255 e. The standard InChI is InChI=1S/C21H29N3O2/c1-14-17-8-5-9-18(20(22)25)19(17)21(26)24(14)16-10-12-23(13-11-16)15-6-3-2-4-7-15/h5,8-9,14-16H,2-4,6-7,10-13H2,1H3,(H2,22,25)/t14-/m0/s1. The zero-order valence-corrected chi connectivity index (χ0v) is 15.6. The molecule has 1 aromatic carbocycles. The van der Waals surface area contributed by atoms with Gasteiger partial charge in [-0.25, -0.2) is 0 Å². The zero-order valence-electron chi connectivity index (χ0n) is 15.6. The molecule has 0 bridgehead atoms. The molecule has 0 radical (unpaired) electrons. The van der Waals surface area contributed by atoms with Crippen LogP contribution in [0.25, 0.3) is 0 Å². The summed E-state index contributed by atoms with van der Waals surface area (Å²) in [6.07, 6.45) is 8.80. The predicted octanol–water partition coefficient (Wildman–Crippen LogP) is 3.10. The highest BCUT2D eigenvalue weighted by Crippen LogP contribution is 2.39. The summed E-state index contributed by atoms with van der Waals surface area (Å²) in [6.45, 7) is 4.22. The minimum Gasteiger partial charge on any atom is -0.366 e. The molecule has 2 aliphatic heterocycles. The Hall–Kier alpha value is -1.88. The summed E-state index contributed by atoms with van der Waals surface area (Å²) in [4.78, 5) is 29.5. The fourth-order valence-corrected chi connectivity index (χ4v) is 5.27. The van der Waals surface area contributed by atoms with E-state index < -0.39 is 5.91 Å². The van der Waals surface area contributed by atoms with Crippen molar-refractivity contribution in [1.82, 2.24) is 9.80 Å². The Labute approximate surface area is 155 Å². The lowest BCUT2D eigenvalue weighted by Crippen LogP contribution is -2.49. The SMILES string of the molecule is C[C@H]1c2cccc(C(N)=O)c2C(=O)N1C1CCN(C2CCCCC2)CC1. The van der Waals surface area contributed by atoms with E-state index >= 15 is 0 Å². The van der Waals surface area contributed by atoms with Gasteiger partial charge >= 0.3 is 0 Å². The van der Waals surface area contributed by atoms with Gasteiger partial charge < -0.3 is 15.5 Å². The number of hydrogen-bond donors (Lipinski definition) is 1. The van der Waals surface area contributed by atoms with Gasteiger partial charge in [0.15, 0.2) is 0 Å². The van der Waals surface area contributed by atoms with E-state index in [-0.39, 0.29) is 18.0 Å². The number of piperidine rings is 1. The Bertz CT molecular complexity index is 703. The quantitative estimate of drug-likeness (QED) is 0.906. The Balaban J connectivity index is 1.48. The first-order chi connectivity index (χ1) is 12.6. The van der Waals surface area contributed by atoms with Gasteiger partial charge in [0.2, 0.25) is 5.91 Å². The number of nitrogens with two attached hydrogens (primary N) is 1. The maximum atomic E-state index is 13.1. The van der Waals surface area contributed by atoms with E-state index in [2.05, 4.69) is 11.8 Å². The molecule has 140 valence electrons. The number of carbonyl (C=O) groups excluding carboxylic acids is 2. The first kappa shape index (κ1) is 17.5. The normalized spacial score (nSPS) is 25.5. The van der Waals surface area contributed by atoms with E-state index in [1.165, 1.54) is 32.1 Å². The topological polar surface area (TPSA) is 66.6 Å². The average Bonchev–Trinajstić information content (AvgIpc) is 2.93. The lowest BCUT2D eigenvalue weighted by Gasteiger charge is -2.42. The molecule has 5 nitrogen and oxygen atoms in total. The van der Waals surface area contributed by atoms with Crippen LogP contribution in [0.5, 0.6) is 0 Å². The van der Waals surface area contributed by atoms with Crippen LogP contribution in [-0.2, 0) is 0 Å². The van der Waals surface area contributed by atoms with Crippen molar-refractivity contribution in [2.45, 2.75) is 70.0 Å². The summed E-state index contributed by atoms with van der Waals surface area (Å²) in [6, 6.07) is 6.48. The second kappa shape index (κ2) is 7.03. The molecule has 5 heteroatoms. The van der Waals surface area contributed by atoms with E-state index in [4.69, 9.17) is 5.73 Å². The highest BCUT2D eigenvalue weighted by molar-refractivity contribution is 6.09. The van der Waals surface area contributed by atoms with E-state index in [0.29, 0.717) is 11.1 Å². The van der Waals surface area contributed by atoms with Gasteiger partial charge in [-0.1, -0.05) is 31.4 Å². The minimum atomic E-state index is -0.517. The van der Waals surface area contributed by atoms with Crippen LogP contribution in [0.15, 0.2) is 18.2 Å². The van der Waals surface area contributed by atoms with E-state index in [0.717, 1.165) is 37.5 Å². The fourth-order valence-electron chi connectivity index (χ4n) is 5.27. The van der Waals surface area contributed by atoms with Gasteiger partial charge in [0.05, 0.1) is 17.2 Å². The largest absolute Gasteiger partial charge is 0.366 e. The maximum absolute atomic E-state index is 13.1. The number of nitrogens with zero attached hydrogens (tertiary/aromatic N) is 2. The lowest BCUT2D eigenvalue weighted by molar-refractivity contribution is 0.0427. The number of primary amides is 1. The molecule has 2 N–H and O–H groups in total. The molecule has 2 heterocycles. The van der Waals surface area contributed by atoms with Crippen molar-refractivity contribution < 1.29 is 9.59 Å².